The molecule has 0 aromatic heterocycles. The monoisotopic (exact) mass is 284 g/mol. The molecule has 5 heteroatoms. The SMILES string of the molecule is CCCC(=O)N1CC(NCC(C)C)CC(C(=O)OC)C1. The third kappa shape index (κ3) is 5.12. The lowest BCUT2D eigenvalue weighted by molar-refractivity contribution is -0.149. The Kier molecular flexibility index (Phi) is 6.99. The van der Waals surface area contributed by atoms with Gasteiger partial charge in [-0.1, -0.05) is 20.8 Å². The Hall–Kier alpha value is -1.10. The summed E-state index contributed by atoms with van der Waals surface area (Å²) < 4.78 is 4.85. The van der Waals surface area contributed by atoms with E-state index in [-0.39, 0.29) is 23.8 Å². The lowest BCUT2D eigenvalue weighted by atomic mass is 9.93. The van der Waals surface area contributed by atoms with E-state index in [9.17, 15) is 9.59 Å². The van der Waals surface area contributed by atoms with Gasteiger partial charge in [-0.25, -0.2) is 0 Å². The molecule has 116 valence electrons. The van der Waals surface area contributed by atoms with Crippen LogP contribution in [0.15, 0.2) is 0 Å². The van der Waals surface area contributed by atoms with Gasteiger partial charge in [-0.05, 0) is 25.3 Å². The third-order valence-corrected chi connectivity index (χ3v) is 3.62. The largest absolute Gasteiger partial charge is 0.469 e. The number of rotatable bonds is 6. The highest BCUT2D eigenvalue weighted by molar-refractivity contribution is 5.78. The van der Waals surface area contributed by atoms with Crippen molar-refractivity contribution in [3.05, 3.63) is 0 Å². The first-order valence-electron chi connectivity index (χ1n) is 7.56. The molecular weight excluding hydrogens is 256 g/mol. The normalized spacial score (nSPS) is 22.9. The Bertz CT molecular complexity index is 331. The molecule has 1 heterocycles. The van der Waals surface area contributed by atoms with Crippen molar-refractivity contribution in [1.29, 1.82) is 0 Å². The molecule has 0 aromatic carbocycles. The van der Waals surface area contributed by atoms with Crippen LogP contribution >= 0.6 is 0 Å². The van der Waals surface area contributed by atoms with Gasteiger partial charge in [-0.15, -0.1) is 0 Å². The molecule has 0 saturated carbocycles. The molecule has 1 amide bonds. The molecule has 2 unspecified atom stereocenters. The first kappa shape index (κ1) is 17.0. The lowest BCUT2D eigenvalue weighted by Crippen LogP contribution is -2.53. The fourth-order valence-corrected chi connectivity index (χ4v) is 2.56. The van der Waals surface area contributed by atoms with Gasteiger partial charge in [-0.2, -0.15) is 0 Å². The Morgan fingerprint density at radius 2 is 2.05 bits per heavy atom. The number of ether oxygens (including phenoxy) is 1. The molecule has 20 heavy (non-hydrogen) atoms. The van der Waals surface area contributed by atoms with Gasteiger partial charge >= 0.3 is 5.97 Å². The van der Waals surface area contributed by atoms with Crippen molar-refractivity contribution in [2.45, 2.75) is 46.1 Å². The van der Waals surface area contributed by atoms with Gasteiger partial charge in [0.05, 0.1) is 13.0 Å². The van der Waals surface area contributed by atoms with Gasteiger partial charge in [0, 0.05) is 25.6 Å². The van der Waals surface area contributed by atoms with E-state index in [2.05, 4.69) is 19.2 Å². The minimum atomic E-state index is -0.213. The smallest absolute Gasteiger partial charge is 0.310 e. The fourth-order valence-electron chi connectivity index (χ4n) is 2.56. The molecule has 1 rings (SSSR count). The maximum absolute atomic E-state index is 12.1. The van der Waals surface area contributed by atoms with Crippen LogP contribution in [0.1, 0.15) is 40.0 Å². The highest BCUT2D eigenvalue weighted by Gasteiger charge is 2.33. The standard InChI is InChI=1S/C15H28N2O3/c1-5-6-14(18)17-9-12(15(19)20-4)7-13(10-17)16-8-11(2)3/h11-13,16H,5-10H2,1-4H3. The van der Waals surface area contributed by atoms with E-state index in [4.69, 9.17) is 4.74 Å². The Balaban J connectivity index is 2.66. The van der Waals surface area contributed by atoms with Crippen molar-refractivity contribution in [2.75, 3.05) is 26.7 Å². The number of carbonyl (C=O) groups excluding carboxylic acids is 2. The molecule has 0 bridgehead atoms. The minimum Gasteiger partial charge on any atom is -0.469 e. The second-order valence-electron chi connectivity index (χ2n) is 6.00. The number of nitrogens with zero attached hydrogens (tertiary/aromatic N) is 1. The molecule has 0 aromatic rings. The zero-order valence-corrected chi connectivity index (χ0v) is 13.1. The number of piperidine rings is 1. The van der Waals surface area contributed by atoms with E-state index in [1.165, 1.54) is 7.11 Å². The molecule has 1 aliphatic heterocycles. The number of nitrogens with one attached hydrogen (secondary N) is 1. The zero-order chi connectivity index (χ0) is 15.1. The average molecular weight is 284 g/mol. The van der Waals surface area contributed by atoms with E-state index >= 15 is 0 Å². The summed E-state index contributed by atoms with van der Waals surface area (Å²) in [6, 6.07) is 0.177. The predicted octanol–water partition coefficient (Wildman–Crippen LogP) is 1.42. The number of likely N-dealkylation sites (tertiary alicyclic amines) is 1. The van der Waals surface area contributed by atoms with Crippen molar-refractivity contribution in [2.24, 2.45) is 11.8 Å². The first-order chi connectivity index (χ1) is 9.47. The summed E-state index contributed by atoms with van der Waals surface area (Å²) in [5.74, 6) is 0.264. The highest BCUT2D eigenvalue weighted by Crippen LogP contribution is 2.19. The molecule has 0 radical (unpaired) electrons. The summed E-state index contributed by atoms with van der Waals surface area (Å²) in [5, 5.41) is 3.46. The van der Waals surface area contributed by atoms with Gasteiger partial charge in [-0.3, -0.25) is 9.59 Å². The predicted molar refractivity (Wildman–Crippen MR) is 78.2 cm³/mol. The van der Waals surface area contributed by atoms with Crippen molar-refractivity contribution in [1.82, 2.24) is 10.2 Å². The van der Waals surface area contributed by atoms with Crippen LogP contribution in [-0.4, -0.2) is 49.6 Å². The van der Waals surface area contributed by atoms with Gasteiger partial charge in [0.25, 0.3) is 0 Å². The highest BCUT2D eigenvalue weighted by atomic mass is 16.5. The maximum atomic E-state index is 12.1. The number of esters is 1. The van der Waals surface area contributed by atoms with E-state index in [0.717, 1.165) is 19.4 Å². The Morgan fingerprint density at radius 1 is 1.35 bits per heavy atom. The molecule has 1 saturated heterocycles. The van der Waals surface area contributed by atoms with Crippen molar-refractivity contribution in [3.8, 4) is 0 Å². The van der Waals surface area contributed by atoms with Crippen LogP contribution in [0.25, 0.3) is 0 Å². The third-order valence-electron chi connectivity index (χ3n) is 3.62. The van der Waals surface area contributed by atoms with Gasteiger partial charge in [0.15, 0.2) is 0 Å². The van der Waals surface area contributed by atoms with Crippen LogP contribution in [0, 0.1) is 11.8 Å². The molecule has 5 nitrogen and oxygen atoms in total. The van der Waals surface area contributed by atoms with Crippen LogP contribution in [0.3, 0.4) is 0 Å². The number of amides is 1. The quantitative estimate of drug-likeness (QED) is 0.750. The summed E-state index contributed by atoms with van der Waals surface area (Å²) in [4.78, 5) is 25.7. The van der Waals surface area contributed by atoms with Crippen molar-refractivity contribution >= 4 is 11.9 Å². The summed E-state index contributed by atoms with van der Waals surface area (Å²) in [5.41, 5.74) is 0. The van der Waals surface area contributed by atoms with E-state index < -0.39 is 0 Å². The van der Waals surface area contributed by atoms with Crippen LogP contribution in [0.4, 0.5) is 0 Å². The zero-order valence-electron chi connectivity index (χ0n) is 13.1. The molecular formula is C15H28N2O3. The molecule has 0 spiro atoms. The number of carbonyl (C=O) groups is 2. The Labute approximate surface area is 122 Å². The van der Waals surface area contributed by atoms with E-state index in [1.807, 2.05) is 11.8 Å². The minimum absolute atomic E-state index is 0.137. The van der Waals surface area contributed by atoms with Gasteiger partial charge in [0.2, 0.25) is 5.91 Å². The van der Waals surface area contributed by atoms with E-state index in [1.54, 1.807) is 0 Å². The average Bonchev–Trinajstić information content (AvgIpc) is 2.44. The summed E-state index contributed by atoms with van der Waals surface area (Å²) >= 11 is 0. The van der Waals surface area contributed by atoms with Crippen LogP contribution < -0.4 is 5.32 Å². The van der Waals surface area contributed by atoms with E-state index in [0.29, 0.717) is 25.4 Å². The molecule has 2 atom stereocenters. The number of methoxy groups -OCH3 is 1. The van der Waals surface area contributed by atoms with Crippen molar-refractivity contribution < 1.29 is 14.3 Å². The van der Waals surface area contributed by atoms with Crippen LogP contribution in [-0.2, 0) is 14.3 Å². The summed E-state index contributed by atoms with van der Waals surface area (Å²) in [6.45, 7) is 8.37. The number of hydrogen-bond acceptors (Lipinski definition) is 4. The van der Waals surface area contributed by atoms with Crippen LogP contribution in [0.5, 0.6) is 0 Å². The second-order valence-corrected chi connectivity index (χ2v) is 6.00. The summed E-state index contributed by atoms with van der Waals surface area (Å²) in [6.07, 6.45) is 2.13. The lowest BCUT2D eigenvalue weighted by Gasteiger charge is -2.37. The first-order valence-corrected chi connectivity index (χ1v) is 7.56. The summed E-state index contributed by atoms with van der Waals surface area (Å²) in [7, 11) is 1.41. The molecule has 0 aliphatic carbocycles. The molecule has 1 fully saturated rings. The Morgan fingerprint density at radius 3 is 2.60 bits per heavy atom. The van der Waals surface area contributed by atoms with Gasteiger partial charge in [0.1, 0.15) is 0 Å². The topological polar surface area (TPSA) is 58.6 Å². The van der Waals surface area contributed by atoms with Gasteiger partial charge < -0.3 is 15.0 Å². The van der Waals surface area contributed by atoms with Crippen LogP contribution in [0.2, 0.25) is 0 Å². The number of hydrogen-bond donors (Lipinski definition) is 1. The molecule has 1 aliphatic rings. The maximum Gasteiger partial charge on any atom is 0.310 e. The second kappa shape index (κ2) is 8.25. The molecule has 1 N–H and O–H groups in total. The fraction of sp³-hybridized carbons (Fsp3) is 0.867. The van der Waals surface area contributed by atoms with Crippen molar-refractivity contribution in [3.63, 3.8) is 0 Å².